The normalized spacial score (nSPS) is 23.2. The van der Waals surface area contributed by atoms with E-state index in [0.717, 1.165) is 24.9 Å². The molecule has 1 aromatic carbocycles. The number of piperidine rings is 1. The maximum absolute atomic E-state index is 12.6. The lowest BCUT2D eigenvalue weighted by Crippen LogP contribution is -2.48. The van der Waals surface area contributed by atoms with Crippen molar-refractivity contribution in [2.75, 3.05) is 6.54 Å². The van der Waals surface area contributed by atoms with E-state index in [1.165, 1.54) is 0 Å². The summed E-state index contributed by atoms with van der Waals surface area (Å²) in [6, 6.07) is 10.9. The predicted molar refractivity (Wildman–Crippen MR) is 89.9 cm³/mol. The van der Waals surface area contributed by atoms with Crippen LogP contribution < -0.4 is 10.6 Å². The summed E-state index contributed by atoms with van der Waals surface area (Å²) in [7, 11) is 0. The van der Waals surface area contributed by atoms with Crippen LogP contribution in [0.5, 0.6) is 0 Å². The molecule has 0 aliphatic carbocycles. The number of hydrogen-bond donors (Lipinski definition) is 2. The van der Waals surface area contributed by atoms with Crippen LogP contribution in [0, 0.1) is 5.92 Å². The second kappa shape index (κ2) is 8.40. The third-order valence-corrected chi connectivity index (χ3v) is 4.08. The molecule has 0 radical (unpaired) electrons. The Balaban J connectivity index is 0.00000220. The first-order valence-corrected chi connectivity index (χ1v) is 7.66. The molecule has 21 heavy (non-hydrogen) atoms. The highest BCUT2D eigenvalue weighted by atomic mass is 35.5. The van der Waals surface area contributed by atoms with Crippen LogP contribution in [0.1, 0.15) is 45.1 Å². The van der Waals surface area contributed by atoms with E-state index in [-0.39, 0.29) is 24.2 Å². The van der Waals surface area contributed by atoms with E-state index in [4.69, 9.17) is 0 Å². The van der Waals surface area contributed by atoms with Gasteiger partial charge in [-0.05, 0) is 37.8 Å². The Kier molecular flexibility index (Phi) is 7.20. The van der Waals surface area contributed by atoms with Gasteiger partial charge in [-0.25, -0.2) is 0 Å². The number of rotatable bonds is 4. The first kappa shape index (κ1) is 18.0. The molecule has 1 heterocycles. The third kappa shape index (κ3) is 5.01. The molecule has 1 aliphatic rings. The molecule has 0 spiro atoms. The van der Waals surface area contributed by atoms with Crippen LogP contribution >= 0.6 is 12.4 Å². The Morgan fingerprint density at radius 1 is 1.29 bits per heavy atom. The molecular formula is C17H27ClN2O. The van der Waals surface area contributed by atoms with Gasteiger partial charge in [-0.1, -0.05) is 44.2 Å². The quantitative estimate of drug-likeness (QED) is 0.897. The summed E-state index contributed by atoms with van der Waals surface area (Å²) in [5.74, 6) is 0.420. The molecule has 118 valence electrons. The molecular weight excluding hydrogens is 284 g/mol. The smallest absolute Gasteiger partial charge is 0.228 e. The van der Waals surface area contributed by atoms with E-state index in [9.17, 15) is 4.79 Å². The maximum Gasteiger partial charge on any atom is 0.228 e. The molecule has 1 fully saturated rings. The fraction of sp³-hybridized carbons (Fsp3) is 0.588. The molecule has 2 N–H and O–H groups in total. The standard InChI is InChI=1S/C17H26N2O.ClH/c1-12(2)16(14-7-5-4-6-8-14)17(20)19-15-9-10-18-13(3)11-15;/h4-8,12-13,15-16,18H,9-11H2,1-3H3,(H,19,20);1H. The van der Waals surface area contributed by atoms with Gasteiger partial charge in [0.25, 0.3) is 0 Å². The Hall–Kier alpha value is -1.06. The number of halogens is 1. The Labute approximate surface area is 134 Å². The van der Waals surface area contributed by atoms with Crippen LogP contribution in [0.4, 0.5) is 0 Å². The van der Waals surface area contributed by atoms with Crippen molar-refractivity contribution in [3.8, 4) is 0 Å². The van der Waals surface area contributed by atoms with Crippen LogP contribution in [-0.2, 0) is 4.79 Å². The van der Waals surface area contributed by atoms with Gasteiger partial charge in [0.2, 0.25) is 5.91 Å². The highest BCUT2D eigenvalue weighted by Crippen LogP contribution is 2.25. The second-order valence-electron chi connectivity index (χ2n) is 6.22. The number of benzene rings is 1. The summed E-state index contributed by atoms with van der Waals surface area (Å²) >= 11 is 0. The minimum atomic E-state index is -0.0543. The molecule has 3 nitrogen and oxygen atoms in total. The van der Waals surface area contributed by atoms with E-state index in [0.29, 0.717) is 18.0 Å². The van der Waals surface area contributed by atoms with Gasteiger partial charge < -0.3 is 10.6 Å². The summed E-state index contributed by atoms with van der Waals surface area (Å²) in [5, 5.41) is 6.67. The summed E-state index contributed by atoms with van der Waals surface area (Å²) < 4.78 is 0. The number of amides is 1. The number of carbonyl (C=O) groups is 1. The topological polar surface area (TPSA) is 41.1 Å². The fourth-order valence-electron chi connectivity index (χ4n) is 3.05. The molecule has 0 saturated carbocycles. The van der Waals surface area contributed by atoms with Gasteiger partial charge in [0.1, 0.15) is 0 Å². The van der Waals surface area contributed by atoms with Gasteiger partial charge in [0, 0.05) is 12.1 Å². The predicted octanol–water partition coefficient (Wildman–Crippen LogP) is 3.10. The van der Waals surface area contributed by atoms with Crippen molar-refractivity contribution in [1.29, 1.82) is 0 Å². The maximum atomic E-state index is 12.6. The molecule has 0 bridgehead atoms. The summed E-state index contributed by atoms with van der Waals surface area (Å²) in [4.78, 5) is 12.6. The van der Waals surface area contributed by atoms with E-state index < -0.39 is 0 Å². The average Bonchev–Trinajstić information content (AvgIpc) is 2.39. The molecule has 1 aliphatic heterocycles. The molecule has 4 heteroatoms. The number of nitrogens with one attached hydrogen (secondary N) is 2. The van der Waals surface area contributed by atoms with Gasteiger partial charge in [-0.3, -0.25) is 4.79 Å². The Morgan fingerprint density at radius 3 is 2.52 bits per heavy atom. The first-order valence-electron chi connectivity index (χ1n) is 7.66. The van der Waals surface area contributed by atoms with E-state index in [1.54, 1.807) is 0 Å². The van der Waals surface area contributed by atoms with Crippen molar-refractivity contribution in [3.05, 3.63) is 35.9 Å². The molecule has 1 saturated heterocycles. The number of hydrogen-bond acceptors (Lipinski definition) is 2. The lowest BCUT2D eigenvalue weighted by molar-refractivity contribution is -0.124. The highest BCUT2D eigenvalue weighted by Gasteiger charge is 2.27. The van der Waals surface area contributed by atoms with Crippen molar-refractivity contribution in [1.82, 2.24) is 10.6 Å². The fourth-order valence-corrected chi connectivity index (χ4v) is 3.05. The molecule has 2 rings (SSSR count). The van der Waals surface area contributed by atoms with Crippen LogP contribution in [0.25, 0.3) is 0 Å². The molecule has 1 aromatic rings. The van der Waals surface area contributed by atoms with Crippen molar-refractivity contribution < 1.29 is 4.79 Å². The molecule has 3 atom stereocenters. The Morgan fingerprint density at radius 2 is 1.95 bits per heavy atom. The average molecular weight is 311 g/mol. The van der Waals surface area contributed by atoms with E-state index >= 15 is 0 Å². The molecule has 1 amide bonds. The highest BCUT2D eigenvalue weighted by molar-refractivity contribution is 5.85. The van der Waals surface area contributed by atoms with Gasteiger partial charge in [-0.15, -0.1) is 12.4 Å². The first-order chi connectivity index (χ1) is 9.58. The van der Waals surface area contributed by atoms with Crippen molar-refractivity contribution in [3.63, 3.8) is 0 Å². The zero-order chi connectivity index (χ0) is 14.5. The van der Waals surface area contributed by atoms with Gasteiger partial charge >= 0.3 is 0 Å². The van der Waals surface area contributed by atoms with Crippen molar-refractivity contribution >= 4 is 18.3 Å². The van der Waals surface area contributed by atoms with Crippen molar-refractivity contribution in [2.45, 2.75) is 51.6 Å². The zero-order valence-electron chi connectivity index (χ0n) is 13.1. The minimum absolute atomic E-state index is 0. The van der Waals surface area contributed by atoms with E-state index in [1.807, 2.05) is 18.2 Å². The Bertz CT molecular complexity index is 436. The zero-order valence-corrected chi connectivity index (χ0v) is 14.0. The lowest BCUT2D eigenvalue weighted by atomic mass is 9.87. The minimum Gasteiger partial charge on any atom is -0.353 e. The largest absolute Gasteiger partial charge is 0.353 e. The van der Waals surface area contributed by atoms with Crippen molar-refractivity contribution in [2.24, 2.45) is 5.92 Å². The second-order valence-corrected chi connectivity index (χ2v) is 6.22. The summed E-state index contributed by atoms with van der Waals surface area (Å²) in [6.45, 7) is 7.39. The van der Waals surface area contributed by atoms with Crippen LogP contribution in [-0.4, -0.2) is 24.5 Å². The van der Waals surface area contributed by atoms with E-state index in [2.05, 4.69) is 43.5 Å². The summed E-state index contributed by atoms with van der Waals surface area (Å²) in [5.41, 5.74) is 1.11. The SMILES string of the molecule is CC1CC(NC(=O)C(c2ccccc2)C(C)C)CCN1.Cl. The summed E-state index contributed by atoms with van der Waals surface area (Å²) in [6.07, 6.45) is 2.04. The van der Waals surface area contributed by atoms with Crippen LogP contribution in [0.3, 0.4) is 0 Å². The van der Waals surface area contributed by atoms with Crippen LogP contribution in [0.15, 0.2) is 30.3 Å². The molecule has 3 unspecified atom stereocenters. The van der Waals surface area contributed by atoms with Crippen LogP contribution in [0.2, 0.25) is 0 Å². The third-order valence-electron chi connectivity index (χ3n) is 4.08. The monoisotopic (exact) mass is 310 g/mol. The van der Waals surface area contributed by atoms with Gasteiger partial charge in [-0.2, -0.15) is 0 Å². The number of carbonyl (C=O) groups excluding carboxylic acids is 1. The van der Waals surface area contributed by atoms with Gasteiger partial charge in [0.15, 0.2) is 0 Å². The van der Waals surface area contributed by atoms with Gasteiger partial charge in [0.05, 0.1) is 5.92 Å². The molecule has 0 aromatic heterocycles. The lowest BCUT2D eigenvalue weighted by Gasteiger charge is -2.31.